The molecule has 0 aliphatic rings. The topological polar surface area (TPSA) is 141 Å². The van der Waals surface area contributed by atoms with Crippen LogP contribution in [0.15, 0.2) is 41.8 Å². The second kappa shape index (κ2) is 10.2. The molecule has 5 N–H and O–H groups in total. The number of anilines is 1. The van der Waals surface area contributed by atoms with Gasteiger partial charge in [-0.15, -0.1) is 11.3 Å². The van der Waals surface area contributed by atoms with Crippen LogP contribution in [-0.2, 0) is 17.9 Å². The first-order chi connectivity index (χ1) is 15.3. The molecular weight excluding hydrogens is 450 g/mol. The molecule has 0 saturated heterocycles. The molecule has 0 spiro atoms. The number of carbonyl (C=O) groups is 3. The molecule has 3 aromatic rings. The largest absolute Gasteiger partial charge is 0.497 e. The SMILES string of the molecule is COc1ccc(CNC(=O)[C@@H](C)N(Cc2cccs2)C(=O)c2snc(C(N)=O)c2N)cc1. The van der Waals surface area contributed by atoms with Crippen molar-refractivity contribution in [1.82, 2.24) is 14.6 Å². The highest BCUT2D eigenvalue weighted by atomic mass is 32.1. The van der Waals surface area contributed by atoms with Crippen molar-refractivity contribution in [2.24, 2.45) is 5.73 Å². The summed E-state index contributed by atoms with van der Waals surface area (Å²) in [6.45, 7) is 2.14. The van der Waals surface area contributed by atoms with E-state index in [9.17, 15) is 14.4 Å². The highest BCUT2D eigenvalue weighted by Gasteiger charge is 2.31. The number of nitrogens with one attached hydrogen (secondary N) is 1. The first kappa shape index (κ1) is 23.2. The number of methoxy groups -OCH3 is 1. The van der Waals surface area contributed by atoms with Crippen molar-refractivity contribution in [3.63, 3.8) is 0 Å². The monoisotopic (exact) mass is 473 g/mol. The van der Waals surface area contributed by atoms with Gasteiger partial charge in [-0.1, -0.05) is 18.2 Å². The van der Waals surface area contributed by atoms with E-state index in [1.54, 1.807) is 26.2 Å². The summed E-state index contributed by atoms with van der Waals surface area (Å²) < 4.78 is 9.03. The van der Waals surface area contributed by atoms with Gasteiger partial charge in [0.25, 0.3) is 11.8 Å². The third kappa shape index (κ3) is 5.24. The van der Waals surface area contributed by atoms with E-state index >= 15 is 0 Å². The molecule has 11 heteroatoms. The van der Waals surface area contributed by atoms with Crippen molar-refractivity contribution in [2.45, 2.75) is 26.1 Å². The van der Waals surface area contributed by atoms with Crippen LogP contribution in [0.5, 0.6) is 5.75 Å². The van der Waals surface area contributed by atoms with E-state index in [0.29, 0.717) is 6.54 Å². The fourth-order valence-electron chi connectivity index (χ4n) is 2.94. The maximum Gasteiger partial charge on any atom is 0.270 e. The second-order valence-corrected chi connectivity index (χ2v) is 8.70. The lowest BCUT2D eigenvalue weighted by atomic mass is 10.2. The van der Waals surface area contributed by atoms with Crippen molar-refractivity contribution in [3.05, 3.63) is 62.8 Å². The second-order valence-electron chi connectivity index (χ2n) is 6.89. The van der Waals surface area contributed by atoms with Gasteiger partial charge < -0.3 is 26.4 Å². The number of thiophene rings is 1. The fourth-order valence-corrected chi connectivity index (χ4v) is 4.40. The van der Waals surface area contributed by atoms with Crippen LogP contribution < -0.4 is 21.5 Å². The first-order valence-electron chi connectivity index (χ1n) is 9.60. The van der Waals surface area contributed by atoms with Gasteiger partial charge in [0.05, 0.1) is 19.3 Å². The van der Waals surface area contributed by atoms with E-state index in [1.807, 2.05) is 29.6 Å². The maximum absolute atomic E-state index is 13.3. The zero-order valence-corrected chi connectivity index (χ0v) is 19.2. The van der Waals surface area contributed by atoms with E-state index < -0.39 is 17.9 Å². The van der Waals surface area contributed by atoms with Crippen LogP contribution >= 0.6 is 22.9 Å². The summed E-state index contributed by atoms with van der Waals surface area (Å²) in [6, 6.07) is 10.2. The van der Waals surface area contributed by atoms with E-state index in [1.165, 1.54) is 16.2 Å². The molecule has 0 radical (unpaired) electrons. The number of primary amides is 1. The Kier molecular flexibility index (Phi) is 7.44. The quantitative estimate of drug-likeness (QED) is 0.435. The number of hydrogen-bond acceptors (Lipinski definition) is 8. The van der Waals surface area contributed by atoms with Gasteiger partial charge in [0.2, 0.25) is 5.91 Å². The van der Waals surface area contributed by atoms with Gasteiger partial charge in [-0.05, 0) is 47.6 Å². The predicted molar refractivity (Wildman–Crippen MR) is 124 cm³/mol. The molecule has 3 amide bonds. The summed E-state index contributed by atoms with van der Waals surface area (Å²) in [7, 11) is 1.58. The highest BCUT2D eigenvalue weighted by molar-refractivity contribution is 7.10. The summed E-state index contributed by atoms with van der Waals surface area (Å²) in [5.41, 5.74) is 11.9. The number of amides is 3. The molecule has 0 saturated carbocycles. The van der Waals surface area contributed by atoms with Crippen LogP contribution in [0.1, 0.15) is 37.5 Å². The maximum atomic E-state index is 13.3. The number of nitrogen functional groups attached to an aromatic ring is 1. The molecule has 0 aliphatic heterocycles. The van der Waals surface area contributed by atoms with Crippen molar-refractivity contribution >= 4 is 46.3 Å². The van der Waals surface area contributed by atoms with Gasteiger partial charge in [-0.2, -0.15) is 4.37 Å². The molecule has 3 rings (SSSR count). The van der Waals surface area contributed by atoms with Crippen LogP contribution in [0.25, 0.3) is 0 Å². The number of hydrogen-bond donors (Lipinski definition) is 3. The minimum atomic E-state index is -0.812. The van der Waals surface area contributed by atoms with Crippen LogP contribution in [-0.4, -0.2) is 40.1 Å². The van der Waals surface area contributed by atoms with Gasteiger partial charge in [0.15, 0.2) is 5.69 Å². The molecule has 0 bridgehead atoms. The number of carbonyl (C=O) groups excluding carboxylic acids is 3. The molecule has 2 aromatic heterocycles. The lowest BCUT2D eigenvalue weighted by molar-refractivity contribution is -0.125. The first-order valence-corrected chi connectivity index (χ1v) is 11.3. The minimum absolute atomic E-state index is 0.0742. The Morgan fingerprint density at radius 3 is 2.50 bits per heavy atom. The molecule has 0 fully saturated rings. The van der Waals surface area contributed by atoms with Gasteiger partial charge in [-0.25, -0.2) is 0 Å². The van der Waals surface area contributed by atoms with E-state index in [0.717, 1.165) is 27.7 Å². The Balaban J connectivity index is 1.78. The van der Waals surface area contributed by atoms with Gasteiger partial charge in [-0.3, -0.25) is 14.4 Å². The zero-order valence-electron chi connectivity index (χ0n) is 17.5. The molecule has 2 heterocycles. The van der Waals surface area contributed by atoms with Crippen LogP contribution in [0.3, 0.4) is 0 Å². The fraction of sp³-hybridized carbons (Fsp3) is 0.238. The van der Waals surface area contributed by atoms with Gasteiger partial charge >= 0.3 is 0 Å². The molecule has 1 atom stereocenters. The predicted octanol–water partition coefficient (Wildman–Crippen LogP) is 2.24. The number of rotatable bonds is 9. The molecule has 0 unspecified atom stereocenters. The van der Waals surface area contributed by atoms with Crippen LogP contribution in [0.2, 0.25) is 0 Å². The molecule has 9 nitrogen and oxygen atoms in total. The Labute approximate surface area is 193 Å². The van der Waals surface area contributed by atoms with Crippen LogP contribution in [0.4, 0.5) is 5.69 Å². The Bertz CT molecular complexity index is 1100. The van der Waals surface area contributed by atoms with Gasteiger partial charge in [0.1, 0.15) is 16.7 Å². The molecule has 168 valence electrons. The Hall–Kier alpha value is -3.44. The van der Waals surface area contributed by atoms with Crippen molar-refractivity contribution < 1.29 is 19.1 Å². The smallest absolute Gasteiger partial charge is 0.270 e. The highest BCUT2D eigenvalue weighted by Crippen LogP contribution is 2.26. The Morgan fingerprint density at radius 2 is 1.94 bits per heavy atom. The number of nitrogens with two attached hydrogens (primary N) is 2. The summed E-state index contributed by atoms with van der Waals surface area (Å²) in [4.78, 5) is 40.0. The number of ether oxygens (including phenoxy) is 1. The van der Waals surface area contributed by atoms with Crippen molar-refractivity contribution in [2.75, 3.05) is 12.8 Å². The third-order valence-corrected chi connectivity index (χ3v) is 6.51. The normalized spacial score (nSPS) is 11.6. The summed E-state index contributed by atoms with van der Waals surface area (Å²) in [5, 5.41) is 4.74. The average molecular weight is 474 g/mol. The molecule has 1 aromatic carbocycles. The van der Waals surface area contributed by atoms with E-state index in [4.69, 9.17) is 16.2 Å². The standard InChI is InChI=1S/C21H23N5O4S2/c1-12(20(28)24-10-13-5-7-14(30-2)8-6-13)26(11-15-4-3-9-31-15)21(29)18-16(22)17(19(23)27)25-32-18/h3-9,12H,10-11,22H2,1-2H3,(H2,23,27)(H,24,28)/t12-/m1/s1. The molecule has 32 heavy (non-hydrogen) atoms. The minimum Gasteiger partial charge on any atom is -0.497 e. The number of aromatic nitrogens is 1. The van der Waals surface area contributed by atoms with Crippen LogP contribution in [0, 0.1) is 0 Å². The van der Waals surface area contributed by atoms with Gasteiger partial charge in [0, 0.05) is 11.4 Å². The third-order valence-electron chi connectivity index (χ3n) is 4.80. The zero-order chi connectivity index (χ0) is 23.3. The summed E-state index contributed by atoms with van der Waals surface area (Å²) in [6.07, 6.45) is 0. The molecule has 0 aliphatic carbocycles. The lowest BCUT2D eigenvalue weighted by Gasteiger charge is -2.28. The Morgan fingerprint density at radius 1 is 1.22 bits per heavy atom. The number of benzene rings is 1. The summed E-state index contributed by atoms with van der Waals surface area (Å²) >= 11 is 2.26. The van der Waals surface area contributed by atoms with Crippen molar-refractivity contribution in [3.8, 4) is 5.75 Å². The lowest BCUT2D eigenvalue weighted by Crippen LogP contribution is -2.47. The summed E-state index contributed by atoms with van der Waals surface area (Å²) in [5.74, 6) is -0.913. The molecular formula is C21H23N5O4S2. The van der Waals surface area contributed by atoms with Crippen molar-refractivity contribution in [1.29, 1.82) is 0 Å². The average Bonchev–Trinajstić information content (AvgIpc) is 3.44. The number of nitrogens with zero attached hydrogens (tertiary/aromatic N) is 2. The van der Waals surface area contributed by atoms with E-state index in [-0.39, 0.29) is 28.7 Å². The van der Waals surface area contributed by atoms with E-state index in [2.05, 4.69) is 9.69 Å².